The van der Waals surface area contributed by atoms with E-state index in [0.717, 1.165) is 33.5 Å². The maximum Gasteiger partial charge on any atom is 0.270 e. The first-order valence-corrected chi connectivity index (χ1v) is 9.37. The van der Waals surface area contributed by atoms with Gasteiger partial charge in [-0.1, -0.05) is 60.7 Å². The Morgan fingerprint density at radius 3 is 2.24 bits per heavy atom. The molecule has 0 heterocycles. The number of non-ortho nitro benzene ring substituents is 1. The summed E-state index contributed by atoms with van der Waals surface area (Å²) in [5.41, 5.74) is 6.35. The third-order valence-corrected chi connectivity index (χ3v) is 4.97. The van der Waals surface area contributed by atoms with Crippen molar-refractivity contribution in [3.63, 3.8) is 0 Å². The molecule has 0 aliphatic heterocycles. The fourth-order valence-corrected chi connectivity index (χ4v) is 3.52. The van der Waals surface area contributed by atoms with Gasteiger partial charge >= 0.3 is 0 Å². The predicted molar refractivity (Wildman–Crippen MR) is 119 cm³/mol. The van der Waals surface area contributed by atoms with E-state index in [9.17, 15) is 10.1 Å². The second-order valence-electron chi connectivity index (χ2n) is 6.79. The van der Waals surface area contributed by atoms with E-state index >= 15 is 0 Å². The fraction of sp³-hybridized carbons (Fsp3) is 0.0400. The van der Waals surface area contributed by atoms with E-state index in [-0.39, 0.29) is 10.6 Å². The van der Waals surface area contributed by atoms with Crippen LogP contribution in [-0.4, -0.2) is 12.0 Å². The van der Waals surface area contributed by atoms with Crippen LogP contribution in [0.5, 0.6) is 0 Å². The maximum absolute atomic E-state index is 11.2. The van der Waals surface area contributed by atoms with Crippen molar-refractivity contribution < 1.29 is 4.92 Å². The third-order valence-electron chi connectivity index (χ3n) is 4.97. The van der Waals surface area contributed by atoms with Crippen LogP contribution in [0.25, 0.3) is 16.7 Å². The van der Waals surface area contributed by atoms with Crippen molar-refractivity contribution in [3.05, 3.63) is 125 Å². The molecule has 29 heavy (non-hydrogen) atoms. The molecule has 0 unspecified atom stereocenters. The SMILES string of the molecule is CN(/C=C/C=C/C=C1\c2ccccc2-c2ccc([N+](=O)[O-])cc21)c1ccccc1. The average Bonchev–Trinajstić information content (AvgIpc) is 3.07. The number of anilines is 1. The summed E-state index contributed by atoms with van der Waals surface area (Å²) in [4.78, 5) is 12.9. The minimum atomic E-state index is -0.348. The molecule has 0 atom stereocenters. The van der Waals surface area contributed by atoms with Crippen molar-refractivity contribution in [1.82, 2.24) is 0 Å². The lowest BCUT2D eigenvalue weighted by Gasteiger charge is -2.12. The molecule has 0 saturated carbocycles. The number of rotatable bonds is 5. The fourth-order valence-electron chi connectivity index (χ4n) is 3.52. The van der Waals surface area contributed by atoms with E-state index in [1.165, 1.54) is 0 Å². The van der Waals surface area contributed by atoms with Crippen LogP contribution in [0.3, 0.4) is 0 Å². The summed E-state index contributed by atoms with van der Waals surface area (Å²) in [7, 11) is 2.00. The highest BCUT2D eigenvalue weighted by Crippen LogP contribution is 2.45. The van der Waals surface area contributed by atoms with Gasteiger partial charge in [-0.15, -0.1) is 0 Å². The van der Waals surface area contributed by atoms with Crippen LogP contribution in [0.1, 0.15) is 11.1 Å². The average molecular weight is 380 g/mol. The number of nitrogens with zero attached hydrogens (tertiary/aromatic N) is 2. The second kappa shape index (κ2) is 7.98. The lowest BCUT2D eigenvalue weighted by molar-refractivity contribution is -0.384. The Kier molecular flexibility index (Phi) is 5.08. The van der Waals surface area contributed by atoms with Crippen molar-refractivity contribution >= 4 is 16.9 Å². The van der Waals surface area contributed by atoms with Gasteiger partial charge in [0.15, 0.2) is 0 Å². The summed E-state index contributed by atoms with van der Waals surface area (Å²) < 4.78 is 0. The quantitative estimate of drug-likeness (QED) is 0.235. The molecule has 0 N–H and O–H groups in total. The van der Waals surface area contributed by atoms with Crippen LogP contribution in [-0.2, 0) is 0 Å². The molecule has 0 spiro atoms. The highest BCUT2D eigenvalue weighted by molar-refractivity contribution is 6.02. The molecule has 4 rings (SSSR count). The molecule has 4 heteroatoms. The Morgan fingerprint density at radius 1 is 0.793 bits per heavy atom. The molecule has 1 aliphatic rings. The number of nitro benzene ring substituents is 1. The monoisotopic (exact) mass is 380 g/mol. The van der Waals surface area contributed by atoms with Crippen LogP contribution >= 0.6 is 0 Å². The third kappa shape index (κ3) is 3.73. The van der Waals surface area contributed by atoms with Gasteiger partial charge in [0.2, 0.25) is 0 Å². The topological polar surface area (TPSA) is 46.4 Å². The Morgan fingerprint density at radius 2 is 1.48 bits per heavy atom. The summed E-state index contributed by atoms with van der Waals surface area (Å²) in [6.45, 7) is 0. The zero-order valence-corrected chi connectivity index (χ0v) is 16.0. The molecule has 1 aliphatic carbocycles. The van der Waals surface area contributed by atoms with Crippen molar-refractivity contribution in [1.29, 1.82) is 0 Å². The first kappa shape index (κ1) is 18.4. The first-order valence-electron chi connectivity index (χ1n) is 9.37. The Hall–Kier alpha value is -3.92. The molecule has 142 valence electrons. The molecule has 0 aromatic heterocycles. The van der Waals surface area contributed by atoms with E-state index in [1.54, 1.807) is 12.1 Å². The van der Waals surface area contributed by atoms with Gasteiger partial charge in [0, 0.05) is 31.1 Å². The van der Waals surface area contributed by atoms with Gasteiger partial charge in [-0.3, -0.25) is 10.1 Å². The number of benzene rings is 3. The maximum atomic E-state index is 11.2. The molecule has 3 aromatic carbocycles. The molecule has 4 nitrogen and oxygen atoms in total. The van der Waals surface area contributed by atoms with E-state index in [4.69, 9.17) is 0 Å². The van der Waals surface area contributed by atoms with Gasteiger partial charge in [-0.25, -0.2) is 0 Å². The zero-order chi connectivity index (χ0) is 20.2. The van der Waals surface area contributed by atoms with Crippen LogP contribution in [0, 0.1) is 10.1 Å². The second-order valence-corrected chi connectivity index (χ2v) is 6.79. The van der Waals surface area contributed by atoms with E-state index in [1.807, 2.05) is 78.8 Å². The van der Waals surface area contributed by atoms with Crippen molar-refractivity contribution in [2.45, 2.75) is 0 Å². The molecule has 0 fully saturated rings. The Bertz CT molecular complexity index is 1140. The van der Waals surface area contributed by atoms with Crippen LogP contribution in [0.2, 0.25) is 0 Å². The molecule has 0 saturated heterocycles. The van der Waals surface area contributed by atoms with Crippen molar-refractivity contribution in [2.75, 3.05) is 11.9 Å². The summed E-state index contributed by atoms with van der Waals surface area (Å²) >= 11 is 0. The smallest absolute Gasteiger partial charge is 0.270 e. The number of allylic oxidation sites excluding steroid dienone is 4. The Labute approximate surface area is 169 Å². The number of hydrogen-bond donors (Lipinski definition) is 0. The molecule has 0 radical (unpaired) electrons. The summed E-state index contributed by atoms with van der Waals surface area (Å²) in [5.74, 6) is 0. The molecule has 0 bridgehead atoms. The largest absolute Gasteiger partial charge is 0.351 e. The molecular weight excluding hydrogens is 360 g/mol. The minimum Gasteiger partial charge on any atom is -0.351 e. The van der Waals surface area contributed by atoms with Gasteiger partial charge in [-0.05, 0) is 52.1 Å². The standard InChI is InChI=1S/C25H20N2O2/c1-26(19-10-4-2-5-11-19)17-9-3-6-12-23-21-13-7-8-14-22(21)24-16-15-20(27(28)29)18-25(23)24/h2-18H,1H3/b6-3+,17-9+,23-12+. The normalized spacial score (nSPS) is 13.8. The lowest BCUT2D eigenvalue weighted by atomic mass is 10.0. The van der Waals surface area contributed by atoms with Crippen molar-refractivity contribution in [2.24, 2.45) is 0 Å². The number of fused-ring (bicyclic) bond motifs is 3. The number of para-hydroxylation sites is 1. The first-order chi connectivity index (χ1) is 14.1. The predicted octanol–water partition coefficient (Wildman–Crippen LogP) is 6.21. The van der Waals surface area contributed by atoms with Crippen LogP contribution < -0.4 is 4.90 Å². The minimum absolute atomic E-state index is 0.107. The van der Waals surface area contributed by atoms with Gasteiger partial charge in [0.1, 0.15) is 0 Å². The highest BCUT2D eigenvalue weighted by Gasteiger charge is 2.24. The van der Waals surface area contributed by atoms with Crippen LogP contribution in [0.15, 0.2) is 103 Å². The summed E-state index contributed by atoms with van der Waals surface area (Å²) in [6.07, 6.45) is 9.91. The van der Waals surface area contributed by atoms with Gasteiger partial charge in [-0.2, -0.15) is 0 Å². The van der Waals surface area contributed by atoms with Gasteiger partial charge < -0.3 is 4.90 Å². The number of nitro groups is 1. The Balaban J connectivity index is 1.61. The van der Waals surface area contributed by atoms with Gasteiger partial charge in [0.05, 0.1) is 4.92 Å². The molecule has 0 amide bonds. The van der Waals surface area contributed by atoms with Crippen molar-refractivity contribution in [3.8, 4) is 11.1 Å². The van der Waals surface area contributed by atoms with E-state index in [0.29, 0.717) is 0 Å². The van der Waals surface area contributed by atoms with Gasteiger partial charge in [0.25, 0.3) is 5.69 Å². The summed E-state index contributed by atoms with van der Waals surface area (Å²) in [6, 6.07) is 23.3. The van der Waals surface area contributed by atoms with Crippen LogP contribution in [0.4, 0.5) is 11.4 Å². The highest BCUT2D eigenvalue weighted by atomic mass is 16.6. The number of hydrogen-bond acceptors (Lipinski definition) is 3. The van der Waals surface area contributed by atoms with E-state index in [2.05, 4.69) is 24.3 Å². The molecule has 3 aromatic rings. The molecular formula is C25H20N2O2. The lowest BCUT2D eigenvalue weighted by Crippen LogP contribution is -2.06. The zero-order valence-electron chi connectivity index (χ0n) is 16.0. The van der Waals surface area contributed by atoms with E-state index < -0.39 is 0 Å². The summed E-state index contributed by atoms with van der Waals surface area (Å²) in [5, 5.41) is 11.2.